The molecule has 2 fully saturated rings. The fourth-order valence-electron chi connectivity index (χ4n) is 2.59. The molecular weight excluding hydrogens is 160 g/mol. The summed E-state index contributed by atoms with van der Waals surface area (Å²) in [6, 6.07) is 0. The van der Waals surface area contributed by atoms with Gasteiger partial charge >= 0.3 is 0 Å². The lowest BCUT2D eigenvalue weighted by atomic mass is 9.96. The SMILES string of the molecule is CC.CN1CCN2CCCC2(C)C1. The Morgan fingerprint density at radius 3 is 2.46 bits per heavy atom. The van der Waals surface area contributed by atoms with Crippen LogP contribution in [0.15, 0.2) is 0 Å². The van der Waals surface area contributed by atoms with Crippen LogP contribution in [0.4, 0.5) is 0 Å². The third-order valence-corrected chi connectivity index (χ3v) is 3.27. The molecule has 13 heavy (non-hydrogen) atoms. The molecule has 1 atom stereocenters. The van der Waals surface area contributed by atoms with Gasteiger partial charge in [0.25, 0.3) is 0 Å². The van der Waals surface area contributed by atoms with Gasteiger partial charge in [-0.15, -0.1) is 0 Å². The van der Waals surface area contributed by atoms with E-state index in [-0.39, 0.29) is 0 Å². The van der Waals surface area contributed by atoms with E-state index in [1.807, 2.05) is 13.8 Å². The van der Waals surface area contributed by atoms with Crippen LogP contribution in [0.5, 0.6) is 0 Å². The Bertz CT molecular complexity index is 158. The molecule has 0 bridgehead atoms. The van der Waals surface area contributed by atoms with Gasteiger partial charge in [-0.25, -0.2) is 0 Å². The summed E-state index contributed by atoms with van der Waals surface area (Å²) < 4.78 is 0. The van der Waals surface area contributed by atoms with E-state index >= 15 is 0 Å². The van der Waals surface area contributed by atoms with Crippen molar-refractivity contribution in [1.29, 1.82) is 0 Å². The first-order chi connectivity index (χ1) is 6.21. The summed E-state index contributed by atoms with van der Waals surface area (Å²) in [7, 11) is 2.24. The molecule has 0 amide bonds. The van der Waals surface area contributed by atoms with Gasteiger partial charge in [-0.05, 0) is 33.4 Å². The van der Waals surface area contributed by atoms with Gasteiger partial charge in [0, 0.05) is 25.2 Å². The smallest absolute Gasteiger partial charge is 0.0309 e. The van der Waals surface area contributed by atoms with Crippen molar-refractivity contribution in [2.75, 3.05) is 33.2 Å². The van der Waals surface area contributed by atoms with Gasteiger partial charge in [-0.2, -0.15) is 0 Å². The summed E-state index contributed by atoms with van der Waals surface area (Å²) in [5.74, 6) is 0. The van der Waals surface area contributed by atoms with Crippen molar-refractivity contribution < 1.29 is 0 Å². The molecule has 0 aromatic carbocycles. The second-order valence-corrected chi connectivity index (χ2v) is 4.33. The van der Waals surface area contributed by atoms with Gasteiger partial charge in [0.1, 0.15) is 0 Å². The van der Waals surface area contributed by atoms with Crippen LogP contribution in [0.2, 0.25) is 0 Å². The second kappa shape index (κ2) is 4.43. The van der Waals surface area contributed by atoms with Crippen LogP contribution < -0.4 is 0 Å². The molecule has 2 rings (SSSR count). The summed E-state index contributed by atoms with van der Waals surface area (Å²) in [5, 5.41) is 0. The molecule has 0 N–H and O–H groups in total. The second-order valence-electron chi connectivity index (χ2n) is 4.33. The molecule has 2 heterocycles. The van der Waals surface area contributed by atoms with Crippen LogP contribution in [0.25, 0.3) is 0 Å². The van der Waals surface area contributed by atoms with Crippen LogP contribution in [0.1, 0.15) is 33.6 Å². The average Bonchev–Trinajstić information content (AvgIpc) is 2.48. The quantitative estimate of drug-likeness (QED) is 0.566. The highest BCUT2D eigenvalue weighted by molar-refractivity contribution is 4.97. The fraction of sp³-hybridized carbons (Fsp3) is 1.00. The third kappa shape index (κ3) is 2.23. The highest BCUT2D eigenvalue weighted by Gasteiger charge is 2.39. The normalized spacial score (nSPS) is 35.1. The lowest BCUT2D eigenvalue weighted by Crippen LogP contribution is -2.56. The molecule has 78 valence electrons. The van der Waals surface area contributed by atoms with E-state index in [2.05, 4.69) is 23.8 Å². The Morgan fingerprint density at radius 2 is 1.77 bits per heavy atom. The largest absolute Gasteiger partial charge is 0.303 e. The number of fused-ring (bicyclic) bond motifs is 1. The first-order valence-electron chi connectivity index (χ1n) is 5.64. The van der Waals surface area contributed by atoms with Gasteiger partial charge in [-0.3, -0.25) is 4.90 Å². The lowest BCUT2D eigenvalue weighted by molar-refractivity contribution is 0.0541. The molecule has 0 radical (unpaired) electrons. The van der Waals surface area contributed by atoms with Crippen molar-refractivity contribution in [2.45, 2.75) is 39.2 Å². The Labute approximate surface area is 82.9 Å². The molecule has 2 saturated heterocycles. The van der Waals surface area contributed by atoms with Crippen molar-refractivity contribution in [1.82, 2.24) is 9.80 Å². The average molecular weight is 184 g/mol. The predicted molar refractivity (Wildman–Crippen MR) is 58.1 cm³/mol. The molecule has 0 aromatic heterocycles. The number of piperazine rings is 1. The number of hydrogen-bond acceptors (Lipinski definition) is 2. The zero-order chi connectivity index (χ0) is 9.90. The minimum Gasteiger partial charge on any atom is -0.303 e. The molecule has 0 saturated carbocycles. The van der Waals surface area contributed by atoms with Gasteiger partial charge < -0.3 is 4.90 Å². The molecule has 2 nitrogen and oxygen atoms in total. The number of hydrogen-bond donors (Lipinski definition) is 0. The van der Waals surface area contributed by atoms with E-state index in [0.29, 0.717) is 5.54 Å². The maximum atomic E-state index is 2.66. The Hall–Kier alpha value is -0.0800. The van der Waals surface area contributed by atoms with E-state index in [9.17, 15) is 0 Å². The minimum atomic E-state index is 0.521. The summed E-state index contributed by atoms with van der Waals surface area (Å²) in [6.07, 6.45) is 2.81. The van der Waals surface area contributed by atoms with Crippen LogP contribution >= 0.6 is 0 Å². The fourth-order valence-corrected chi connectivity index (χ4v) is 2.59. The van der Waals surface area contributed by atoms with E-state index in [1.165, 1.54) is 39.0 Å². The summed E-state index contributed by atoms with van der Waals surface area (Å²) in [4.78, 5) is 5.12. The van der Waals surface area contributed by atoms with E-state index in [1.54, 1.807) is 0 Å². The molecule has 1 unspecified atom stereocenters. The van der Waals surface area contributed by atoms with Crippen molar-refractivity contribution in [3.8, 4) is 0 Å². The van der Waals surface area contributed by atoms with Crippen molar-refractivity contribution in [3.05, 3.63) is 0 Å². The highest BCUT2D eigenvalue weighted by atomic mass is 15.3. The number of nitrogens with zero attached hydrogens (tertiary/aromatic N) is 2. The van der Waals surface area contributed by atoms with Crippen molar-refractivity contribution >= 4 is 0 Å². The molecule has 0 spiro atoms. The molecular formula is C11H24N2. The topological polar surface area (TPSA) is 6.48 Å². The van der Waals surface area contributed by atoms with Crippen molar-refractivity contribution in [2.24, 2.45) is 0 Å². The predicted octanol–water partition coefficient (Wildman–Crippen LogP) is 1.81. The van der Waals surface area contributed by atoms with Gasteiger partial charge in [-0.1, -0.05) is 13.8 Å². The maximum absolute atomic E-state index is 2.66. The zero-order valence-electron chi connectivity index (χ0n) is 9.64. The minimum absolute atomic E-state index is 0.521. The molecule has 2 heteroatoms. The van der Waals surface area contributed by atoms with E-state index in [0.717, 1.165) is 0 Å². The van der Waals surface area contributed by atoms with Crippen LogP contribution in [-0.2, 0) is 0 Å². The van der Waals surface area contributed by atoms with Crippen LogP contribution in [0, 0.1) is 0 Å². The number of rotatable bonds is 0. The highest BCUT2D eigenvalue weighted by Crippen LogP contribution is 2.31. The Morgan fingerprint density at radius 1 is 1.08 bits per heavy atom. The van der Waals surface area contributed by atoms with E-state index < -0.39 is 0 Å². The summed E-state index contributed by atoms with van der Waals surface area (Å²) >= 11 is 0. The number of likely N-dealkylation sites (N-methyl/N-ethyl adjacent to an activating group) is 1. The standard InChI is InChI=1S/C9H18N2.C2H6/c1-9-4-3-5-11(9)7-6-10(2)8-9;1-2/h3-8H2,1-2H3;1-2H3. The Kier molecular flexibility index (Phi) is 3.74. The van der Waals surface area contributed by atoms with Gasteiger partial charge in [0.05, 0.1) is 0 Å². The van der Waals surface area contributed by atoms with Crippen LogP contribution in [-0.4, -0.2) is 48.6 Å². The zero-order valence-corrected chi connectivity index (χ0v) is 9.64. The first-order valence-corrected chi connectivity index (χ1v) is 5.64. The summed E-state index contributed by atoms with van der Waals surface area (Å²) in [5.41, 5.74) is 0.521. The van der Waals surface area contributed by atoms with Gasteiger partial charge in [0.15, 0.2) is 0 Å². The molecule has 0 aliphatic carbocycles. The first kappa shape index (κ1) is 11.0. The molecule has 0 aromatic rings. The molecule has 2 aliphatic heterocycles. The summed E-state index contributed by atoms with van der Waals surface area (Å²) in [6.45, 7) is 11.6. The Balaban J connectivity index is 0.000000396. The van der Waals surface area contributed by atoms with Crippen molar-refractivity contribution in [3.63, 3.8) is 0 Å². The van der Waals surface area contributed by atoms with Gasteiger partial charge in [0.2, 0.25) is 0 Å². The molecule has 2 aliphatic rings. The maximum Gasteiger partial charge on any atom is 0.0309 e. The monoisotopic (exact) mass is 184 g/mol. The third-order valence-electron chi connectivity index (χ3n) is 3.27. The van der Waals surface area contributed by atoms with Crippen LogP contribution in [0.3, 0.4) is 0 Å². The van der Waals surface area contributed by atoms with E-state index in [4.69, 9.17) is 0 Å². The lowest BCUT2D eigenvalue weighted by Gasteiger charge is -2.43.